The Morgan fingerprint density at radius 3 is 2.00 bits per heavy atom. The van der Waals surface area contributed by atoms with E-state index in [0.717, 1.165) is 49.3 Å². The third-order valence-corrected chi connectivity index (χ3v) is 5.57. The minimum atomic E-state index is -4.77. The Hall–Kier alpha value is -2.15. The Labute approximate surface area is 173 Å². The number of benzene rings is 2. The highest BCUT2D eigenvalue weighted by Gasteiger charge is 2.33. The molecule has 30 heavy (non-hydrogen) atoms. The van der Waals surface area contributed by atoms with E-state index >= 15 is 0 Å². The summed E-state index contributed by atoms with van der Waals surface area (Å²) in [6, 6.07) is 11.4. The van der Waals surface area contributed by atoms with Crippen LogP contribution in [-0.4, -0.2) is 13.0 Å². The number of rotatable bonds is 7. The number of alkyl halides is 5. The maximum absolute atomic E-state index is 14.4. The van der Waals surface area contributed by atoms with Crippen molar-refractivity contribution in [1.29, 1.82) is 0 Å². The van der Waals surface area contributed by atoms with Gasteiger partial charge in [0.1, 0.15) is 5.75 Å². The minimum absolute atomic E-state index is 0.139. The average molecular weight is 428 g/mol. The van der Waals surface area contributed by atoms with E-state index in [1.54, 1.807) is 12.1 Å². The Bertz CT molecular complexity index is 792. The fourth-order valence-corrected chi connectivity index (χ4v) is 3.78. The number of halogens is 5. The predicted octanol–water partition coefficient (Wildman–Crippen LogP) is 7.19. The standard InChI is InChI=1S/C23H25F5O2/c1-16-2-6-18(7-3-16)19-8-10-20(11-9-19)22(24,25)29-15-14-17-4-12-21(13-5-17)30-23(26,27)28/h4-5,8-13,16,18H,2-3,6-7,14-15H2,1H3. The Kier molecular flexibility index (Phi) is 7.01. The predicted molar refractivity (Wildman–Crippen MR) is 103 cm³/mol. The molecule has 0 aliphatic heterocycles. The second-order valence-electron chi connectivity index (χ2n) is 7.89. The highest BCUT2D eigenvalue weighted by molar-refractivity contribution is 5.28. The minimum Gasteiger partial charge on any atom is -0.406 e. The third kappa shape index (κ3) is 6.42. The van der Waals surface area contributed by atoms with Crippen LogP contribution >= 0.6 is 0 Å². The molecule has 2 aromatic rings. The molecule has 164 valence electrons. The molecule has 0 N–H and O–H groups in total. The van der Waals surface area contributed by atoms with Gasteiger partial charge in [0, 0.05) is 0 Å². The molecule has 1 fully saturated rings. The molecule has 0 saturated heterocycles. The quantitative estimate of drug-likeness (QED) is 0.435. The summed E-state index contributed by atoms with van der Waals surface area (Å²) in [6.45, 7) is 1.97. The van der Waals surface area contributed by atoms with Crippen molar-refractivity contribution < 1.29 is 31.4 Å². The fraction of sp³-hybridized carbons (Fsp3) is 0.478. The molecule has 3 rings (SSSR count). The third-order valence-electron chi connectivity index (χ3n) is 5.57. The van der Waals surface area contributed by atoms with E-state index in [-0.39, 0.29) is 24.3 Å². The van der Waals surface area contributed by atoms with Crippen LogP contribution in [-0.2, 0) is 17.3 Å². The van der Waals surface area contributed by atoms with Gasteiger partial charge in [-0.1, -0.05) is 56.2 Å². The van der Waals surface area contributed by atoms with Crippen molar-refractivity contribution >= 4 is 0 Å². The first-order chi connectivity index (χ1) is 14.1. The van der Waals surface area contributed by atoms with Crippen molar-refractivity contribution in [1.82, 2.24) is 0 Å². The Morgan fingerprint density at radius 1 is 0.833 bits per heavy atom. The average Bonchev–Trinajstić information content (AvgIpc) is 2.69. The molecule has 1 aliphatic carbocycles. The van der Waals surface area contributed by atoms with Gasteiger partial charge in [-0.05, 0) is 54.4 Å². The highest BCUT2D eigenvalue weighted by atomic mass is 19.4. The lowest BCUT2D eigenvalue weighted by atomic mass is 9.79. The van der Waals surface area contributed by atoms with Crippen LogP contribution in [0.15, 0.2) is 48.5 Å². The first-order valence-corrected chi connectivity index (χ1v) is 10.1. The van der Waals surface area contributed by atoms with E-state index in [1.165, 1.54) is 24.3 Å². The molecule has 0 radical (unpaired) electrons. The second kappa shape index (κ2) is 9.33. The van der Waals surface area contributed by atoms with E-state index < -0.39 is 12.5 Å². The SMILES string of the molecule is CC1CCC(c2ccc(C(F)(F)OCCc3ccc(OC(F)(F)F)cc3)cc2)CC1. The topological polar surface area (TPSA) is 18.5 Å². The van der Waals surface area contributed by atoms with Crippen molar-refractivity contribution in [3.05, 3.63) is 65.2 Å². The van der Waals surface area contributed by atoms with Gasteiger partial charge in [-0.3, -0.25) is 0 Å². The van der Waals surface area contributed by atoms with Crippen LogP contribution in [0.3, 0.4) is 0 Å². The molecule has 0 heterocycles. The van der Waals surface area contributed by atoms with Crippen molar-refractivity contribution in [2.45, 2.75) is 57.4 Å². The Morgan fingerprint density at radius 2 is 1.43 bits per heavy atom. The summed E-state index contributed by atoms with van der Waals surface area (Å²) in [7, 11) is 0. The number of hydrogen-bond donors (Lipinski definition) is 0. The van der Waals surface area contributed by atoms with Crippen LogP contribution in [0.1, 0.15) is 55.2 Å². The molecule has 0 amide bonds. The van der Waals surface area contributed by atoms with Crippen LogP contribution in [0.2, 0.25) is 0 Å². The first kappa shape index (κ1) is 22.5. The molecule has 2 nitrogen and oxygen atoms in total. The summed E-state index contributed by atoms with van der Waals surface area (Å²) in [5.41, 5.74) is 1.45. The molecule has 7 heteroatoms. The molecule has 1 saturated carbocycles. The Balaban J connectivity index is 1.51. The van der Waals surface area contributed by atoms with Gasteiger partial charge < -0.3 is 9.47 Å². The summed E-state index contributed by atoms with van der Waals surface area (Å²) < 4.78 is 73.8. The first-order valence-electron chi connectivity index (χ1n) is 10.1. The molecule has 0 aromatic heterocycles. The van der Waals surface area contributed by atoms with Crippen LogP contribution in [0.5, 0.6) is 5.75 Å². The summed E-state index contributed by atoms with van der Waals surface area (Å²) in [5.74, 6) is 0.797. The lowest BCUT2D eigenvalue weighted by Crippen LogP contribution is -2.20. The van der Waals surface area contributed by atoms with E-state index in [2.05, 4.69) is 11.7 Å². The van der Waals surface area contributed by atoms with Crippen molar-refractivity contribution in [2.75, 3.05) is 6.61 Å². The molecule has 0 unspecified atom stereocenters. The lowest BCUT2D eigenvalue weighted by Gasteiger charge is -2.27. The van der Waals surface area contributed by atoms with Gasteiger partial charge in [-0.25, -0.2) is 0 Å². The zero-order valence-electron chi connectivity index (χ0n) is 16.7. The zero-order chi connectivity index (χ0) is 21.8. The molecule has 0 spiro atoms. The van der Waals surface area contributed by atoms with Crippen molar-refractivity contribution in [3.8, 4) is 5.75 Å². The van der Waals surface area contributed by atoms with Crippen LogP contribution in [0.25, 0.3) is 0 Å². The molecular weight excluding hydrogens is 403 g/mol. The molecule has 0 bridgehead atoms. The van der Waals surface area contributed by atoms with Gasteiger partial charge in [-0.15, -0.1) is 13.2 Å². The summed E-state index contributed by atoms with van der Waals surface area (Å²) in [4.78, 5) is 0. The van der Waals surface area contributed by atoms with Crippen LogP contribution in [0, 0.1) is 5.92 Å². The summed E-state index contributed by atoms with van der Waals surface area (Å²) >= 11 is 0. The second-order valence-corrected chi connectivity index (χ2v) is 7.89. The number of hydrogen-bond acceptors (Lipinski definition) is 2. The van der Waals surface area contributed by atoms with E-state index in [1.807, 2.05) is 0 Å². The molecule has 2 aromatic carbocycles. The smallest absolute Gasteiger partial charge is 0.406 e. The van der Waals surface area contributed by atoms with Gasteiger partial charge in [0.2, 0.25) is 0 Å². The zero-order valence-corrected chi connectivity index (χ0v) is 16.7. The summed E-state index contributed by atoms with van der Waals surface area (Å²) in [6.07, 6.45) is -3.57. The number of ether oxygens (including phenoxy) is 2. The normalized spacial score (nSPS) is 20.2. The van der Waals surface area contributed by atoms with E-state index in [0.29, 0.717) is 11.5 Å². The molecule has 0 atom stereocenters. The maximum Gasteiger partial charge on any atom is 0.573 e. The summed E-state index contributed by atoms with van der Waals surface area (Å²) in [5, 5.41) is 0. The maximum atomic E-state index is 14.4. The van der Waals surface area contributed by atoms with Gasteiger partial charge in [-0.2, -0.15) is 8.78 Å². The largest absolute Gasteiger partial charge is 0.573 e. The van der Waals surface area contributed by atoms with Crippen molar-refractivity contribution in [3.63, 3.8) is 0 Å². The van der Waals surface area contributed by atoms with Crippen LogP contribution in [0.4, 0.5) is 22.0 Å². The van der Waals surface area contributed by atoms with Crippen molar-refractivity contribution in [2.24, 2.45) is 5.92 Å². The van der Waals surface area contributed by atoms with E-state index in [4.69, 9.17) is 4.74 Å². The van der Waals surface area contributed by atoms with E-state index in [9.17, 15) is 22.0 Å². The molecule has 1 aliphatic rings. The molecular formula is C23H25F5O2. The van der Waals surface area contributed by atoms with Gasteiger partial charge in [0.25, 0.3) is 0 Å². The van der Waals surface area contributed by atoms with Crippen LogP contribution < -0.4 is 4.74 Å². The van der Waals surface area contributed by atoms with Gasteiger partial charge in [0.15, 0.2) is 0 Å². The highest BCUT2D eigenvalue weighted by Crippen LogP contribution is 2.37. The fourth-order valence-electron chi connectivity index (χ4n) is 3.78. The van der Waals surface area contributed by atoms with Gasteiger partial charge in [0.05, 0.1) is 12.2 Å². The lowest BCUT2D eigenvalue weighted by molar-refractivity contribution is -0.274. The monoisotopic (exact) mass is 428 g/mol. The van der Waals surface area contributed by atoms with Gasteiger partial charge >= 0.3 is 12.5 Å².